The molecule has 6 N–H and O–H groups in total. The molecule has 2 atom stereocenters. The van der Waals surface area contributed by atoms with E-state index in [-0.39, 0.29) is 31.0 Å². The monoisotopic (exact) mass is 297 g/mol. The Morgan fingerprint density at radius 1 is 0.933 bits per heavy atom. The van der Waals surface area contributed by atoms with Crippen molar-refractivity contribution in [1.82, 2.24) is 0 Å². The second-order valence-corrected chi connectivity index (χ2v) is 6.07. The third kappa shape index (κ3) is 10.3. The fourth-order valence-electron chi connectivity index (χ4n) is 0.299. The molecule has 0 aliphatic carbocycles. The van der Waals surface area contributed by atoms with Crippen molar-refractivity contribution in [2.24, 2.45) is 5.90 Å². The van der Waals surface area contributed by atoms with Crippen molar-refractivity contribution in [3.8, 4) is 0 Å². The Balaban J connectivity index is -0.000000845. The average molecular weight is 297 g/mol. The molecule has 11 nitrogen and oxygen atoms in total. The zero-order chi connectivity index (χ0) is 11.6. The molecule has 0 aromatic carbocycles. The van der Waals surface area contributed by atoms with Crippen LogP contribution < -0.4 is 35.5 Å². The van der Waals surface area contributed by atoms with Gasteiger partial charge in [-0.15, -0.1) is 0 Å². The Labute approximate surface area is 107 Å². The van der Waals surface area contributed by atoms with E-state index in [9.17, 15) is 13.7 Å². The van der Waals surface area contributed by atoms with E-state index in [1.54, 1.807) is 0 Å². The molecule has 2 unspecified atom stereocenters. The van der Waals surface area contributed by atoms with E-state index in [1.807, 2.05) is 0 Å². The summed E-state index contributed by atoms with van der Waals surface area (Å²) < 4.78 is 40.7. The van der Waals surface area contributed by atoms with Gasteiger partial charge in [0.05, 0.1) is 0 Å². The van der Waals surface area contributed by atoms with Gasteiger partial charge in [-0.25, -0.2) is 24.2 Å². The van der Waals surface area contributed by atoms with Crippen molar-refractivity contribution in [2.45, 2.75) is 0 Å². The molecule has 0 saturated carbocycles. The molecule has 0 bridgehead atoms. The van der Waals surface area contributed by atoms with Gasteiger partial charge in [0.15, 0.2) is 0 Å². The second kappa shape index (κ2) is 6.34. The molecule has 0 fully saturated rings. The summed E-state index contributed by atoms with van der Waals surface area (Å²) >= 11 is 0. The summed E-state index contributed by atoms with van der Waals surface area (Å²) in [6.45, 7) is 0. The number of hydrogen-bond acceptors (Lipinski definition) is 7. The van der Waals surface area contributed by atoms with Gasteiger partial charge in [-0.1, -0.05) is 0 Å². The number of hydrogen-bond donors (Lipinski definition) is 5. The second-order valence-electron chi connectivity index (χ2n) is 1.70. The Hall–Kier alpha value is 1.37. The smallest absolute Gasteiger partial charge is 1.00 e. The van der Waals surface area contributed by atoms with Crippen molar-refractivity contribution in [3.05, 3.63) is 0 Å². The van der Waals surface area contributed by atoms with Crippen LogP contribution in [0, 0.1) is 0 Å². The zero-order valence-corrected chi connectivity index (χ0v) is 11.8. The first-order valence-corrected chi connectivity index (χ1v) is 7.02. The molecule has 0 aliphatic rings. The van der Waals surface area contributed by atoms with E-state index in [2.05, 4.69) is 19.1 Å². The van der Waals surface area contributed by atoms with Gasteiger partial charge in [-0.2, -0.15) is 8.62 Å². The maximum atomic E-state index is 10.6. The molecule has 15 heteroatoms. The van der Waals surface area contributed by atoms with Gasteiger partial charge < -0.3 is 21.0 Å². The maximum Gasteiger partial charge on any atom is 1.00 e. The fourth-order valence-corrected chi connectivity index (χ4v) is 2.96. The zero-order valence-electron chi connectivity index (χ0n) is 8.16. The van der Waals surface area contributed by atoms with E-state index in [0.717, 1.165) is 0 Å². The normalized spacial score (nSPS) is 19.8. The summed E-state index contributed by atoms with van der Waals surface area (Å²) in [5.41, 5.74) is 0. The van der Waals surface area contributed by atoms with E-state index in [0.29, 0.717) is 0 Å². The molecule has 0 rings (SSSR count). The van der Waals surface area contributed by atoms with Gasteiger partial charge in [0.1, 0.15) is 0 Å². The molecule has 15 heavy (non-hydrogen) atoms. The molecule has 0 radical (unpaired) electrons. The summed E-state index contributed by atoms with van der Waals surface area (Å²) in [6, 6.07) is 0. The molecule has 0 saturated heterocycles. The van der Waals surface area contributed by atoms with Crippen LogP contribution in [0.2, 0.25) is 0 Å². The average Bonchev–Trinajstić information content (AvgIpc) is 1.78. The van der Waals surface area contributed by atoms with Crippen molar-refractivity contribution in [3.63, 3.8) is 0 Å². The van der Waals surface area contributed by atoms with Gasteiger partial charge in [0.2, 0.25) is 0 Å². The van der Waals surface area contributed by atoms with Gasteiger partial charge in [0, 0.05) is 0 Å². The first kappa shape index (κ1) is 18.7. The van der Waals surface area contributed by atoms with E-state index in [4.69, 9.17) is 19.6 Å². The first-order valence-electron chi connectivity index (χ1n) is 2.50. The minimum absolute atomic E-state index is 0. The predicted molar refractivity (Wildman–Crippen MR) is 40.2 cm³/mol. The fraction of sp³-hybridized carbons (Fsp3) is 0. The molecule has 0 heterocycles. The minimum Gasteiger partial charge on any atom is -1.00 e. The third-order valence-corrected chi connectivity index (χ3v) is 4.14. The number of phosphoric acid groups is 3. The van der Waals surface area contributed by atoms with E-state index < -0.39 is 23.5 Å². The van der Waals surface area contributed by atoms with E-state index in [1.165, 1.54) is 0 Å². The van der Waals surface area contributed by atoms with Gasteiger partial charge in [-0.3, -0.25) is 0 Å². The molecule has 0 spiro atoms. The summed E-state index contributed by atoms with van der Waals surface area (Å²) in [6.07, 6.45) is 0. The van der Waals surface area contributed by atoms with Crippen LogP contribution in [0.5, 0.6) is 0 Å². The van der Waals surface area contributed by atoms with Crippen LogP contribution in [0.4, 0.5) is 0 Å². The van der Waals surface area contributed by atoms with Gasteiger partial charge >= 0.3 is 53.0 Å². The Kier molecular flexibility index (Phi) is 7.92. The quantitative estimate of drug-likeness (QED) is 0.191. The van der Waals surface area contributed by atoms with Crippen molar-refractivity contribution < 1.29 is 77.5 Å². The Bertz CT molecular complexity index is 335. The molecule has 88 valence electrons. The topological polar surface area (TPSA) is 186 Å². The van der Waals surface area contributed by atoms with Crippen LogP contribution in [0.3, 0.4) is 0 Å². The van der Waals surface area contributed by atoms with Crippen molar-refractivity contribution in [1.29, 1.82) is 0 Å². The Morgan fingerprint density at radius 3 is 1.60 bits per heavy atom. The SMILES string of the molecule is NOP(=O)(O)OP(=O)(O)OP(=O)(O)O.[H-].[Na+]. The molecule has 0 aromatic rings. The number of rotatable bonds is 5. The maximum absolute atomic E-state index is 10.6. The standard InChI is InChI=1S/H6NO10P3.Na.H/c1-9-13(5,6)11-14(7,8)10-12(2,3)4;;/h1H2,(H,5,6)(H,7,8)(H2,2,3,4);;/q;+1;-1. The van der Waals surface area contributed by atoms with Crippen molar-refractivity contribution >= 4 is 23.5 Å². The molecular formula is H7NNaO10P3. The molecule has 0 aliphatic heterocycles. The van der Waals surface area contributed by atoms with Crippen LogP contribution in [0.1, 0.15) is 1.43 Å². The summed E-state index contributed by atoms with van der Waals surface area (Å²) in [7, 11) is -15.9. The largest absolute Gasteiger partial charge is 1.00 e. The van der Waals surface area contributed by atoms with E-state index >= 15 is 0 Å². The van der Waals surface area contributed by atoms with Crippen LogP contribution in [-0.4, -0.2) is 19.6 Å². The third-order valence-electron chi connectivity index (χ3n) is 0.549. The van der Waals surface area contributed by atoms with Crippen LogP contribution in [0.25, 0.3) is 0 Å². The van der Waals surface area contributed by atoms with Gasteiger partial charge in [0.25, 0.3) is 0 Å². The minimum atomic E-state index is -5.43. The predicted octanol–water partition coefficient (Wildman–Crippen LogP) is -3.68. The molecular weight excluding hydrogens is 290 g/mol. The van der Waals surface area contributed by atoms with Crippen LogP contribution in [-0.2, 0) is 26.9 Å². The first-order chi connectivity index (χ1) is 5.97. The molecule has 0 aromatic heterocycles. The summed E-state index contributed by atoms with van der Waals surface area (Å²) in [5.74, 6) is 4.16. The summed E-state index contributed by atoms with van der Waals surface area (Å²) in [5, 5.41) is 0. The molecule has 0 amide bonds. The number of nitrogens with two attached hydrogens (primary N) is 1. The van der Waals surface area contributed by atoms with Crippen LogP contribution >= 0.6 is 23.5 Å². The Morgan fingerprint density at radius 2 is 1.33 bits per heavy atom. The van der Waals surface area contributed by atoms with Gasteiger partial charge in [-0.05, 0) is 0 Å². The summed E-state index contributed by atoms with van der Waals surface area (Å²) in [4.78, 5) is 33.0. The van der Waals surface area contributed by atoms with Crippen molar-refractivity contribution in [2.75, 3.05) is 0 Å². The van der Waals surface area contributed by atoms with Crippen LogP contribution in [0.15, 0.2) is 0 Å².